The second-order valence-electron chi connectivity index (χ2n) is 14.3. The topological polar surface area (TPSA) is 121 Å². The summed E-state index contributed by atoms with van der Waals surface area (Å²) in [5.41, 5.74) is 7.01. The molecule has 2 fully saturated rings. The van der Waals surface area contributed by atoms with Crippen molar-refractivity contribution in [2.24, 2.45) is 5.92 Å². The summed E-state index contributed by atoms with van der Waals surface area (Å²) in [5, 5.41) is 14.1. The summed E-state index contributed by atoms with van der Waals surface area (Å²) in [6, 6.07) is 33.7. The standard InChI is InChI=1S/C44H48N4O5/c1-46-39-28-34(18-20-37(39)43(45)38-21-22-40(49)47-44(38)51)53-33-23-25-48(26-24-33)41(50)12-7-27-52-32-16-13-31(14-17-32)42-35-11-6-5-10-30(35)15-19-36(42)29-8-3-2-4-9-29/h2-6,8-11,13-14,16-18,20,28,33,36,38,42,45-46H,7,12,15,19,21-27H2,1H3,(H,47,49,51). The highest BCUT2D eigenvalue weighted by Gasteiger charge is 2.33. The Bertz CT molecular complexity index is 1940. The van der Waals surface area contributed by atoms with Crippen LogP contribution in [0.25, 0.3) is 0 Å². The number of carbonyl (C=O) groups is 3. The molecule has 2 heterocycles. The first-order valence-corrected chi connectivity index (χ1v) is 18.9. The minimum absolute atomic E-state index is 0.0273. The predicted octanol–water partition coefficient (Wildman–Crippen LogP) is 7.24. The highest BCUT2D eigenvalue weighted by Crippen LogP contribution is 2.46. The number of hydrogen-bond donors (Lipinski definition) is 3. The van der Waals surface area contributed by atoms with Crippen molar-refractivity contribution in [1.29, 1.82) is 5.41 Å². The first kappa shape index (κ1) is 35.9. The van der Waals surface area contributed by atoms with Crippen LogP contribution in [0.15, 0.2) is 97.1 Å². The minimum Gasteiger partial charge on any atom is -0.494 e. The third kappa shape index (κ3) is 8.30. The number of nitrogens with one attached hydrogen (secondary N) is 3. The molecule has 9 heteroatoms. The van der Waals surface area contributed by atoms with Gasteiger partial charge in [0.15, 0.2) is 0 Å². The summed E-state index contributed by atoms with van der Waals surface area (Å²) >= 11 is 0. The second kappa shape index (κ2) is 16.5. The molecule has 0 bridgehead atoms. The molecule has 9 nitrogen and oxygen atoms in total. The Hall–Kier alpha value is -5.44. The van der Waals surface area contributed by atoms with Crippen molar-refractivity contribution in [1.82, 2.24) is 10.2 Å². The van der Waals surface area contributed by atoms with Crippen molar-refractivity contribution >= 4 is 29.1 Å². The lowest BCUT2D eigenvalue weighted by Gasteiger charge is -2.34. The van der Waals surface area contributed by atoms with Crippen molar-refractivity contribution in [2.45, 2.75) is 69.3 Å². The molecule has 0 aromatic heterocycles. The zero-order valence-electron chi connectivity index (χ0n) is 30.3. The number of piperidine rings is 2. The Balaban J connectivity index is 0.864. The summed E-state index contributed by atoms with van der Waals surface area (Å²) in [7, 11) is 1.77. The van der Waals surface area contributed by atoms with Gasteiger partial charge < -0.3 is 25.1 Å². The molecule has 3 unspecified atom stereocenters. The first-order valence-electron chi connectivity index (χ1n) is 18.9. The fourth-order valence-corrected chi connectivity index (χ4v) is 8.18. The Morgan fingerprint density at radius 2 is 1.58 bits per heavy atom. The normalized spacial score (nSPS) is 20.2. The average molecular weight is 713 g/mol. The van der Waals surface area contributed by atoms with E-state index in [4.69, 9.17) is 14.9 Å². The minimum atomic E-state index is -0.661. The van der Waals surface area contributed by atoms with Gasteiger partial charge in [0.1, 0.15) is 17.6 Å². The Labute approximate surface area is 311 Å². The number of ether oxygens (including phenoxy) is 2. The van der Waals surface area contributed by atoms with Gasteiger partial charge in [-0.3, -0.25) is 19.7 Å². The van der Waals surface area contributed by atoms with Crippen LogP contribution in [0.1, 0.15) is 84.6 Å². The van der Waals surface area contributed by atoms with Crippen molar-refractivity contribution in [3.63, 3.8) is 0 Å². The van der Waals surface area contributed by atoms with Gasteiger partial charge in [0.2, 0.25) is 17.7 Å². The summed E-state index contributed by atoms with van der Waals surface area (Å²) in [6.07, 6.45) is 5.29. The third-order valence-electron chi connectivity index (χ3n) is 11.0. The van der Waals surface area contributed by atoms with Crippen LogP contribution in [0.3, 0.4) is 0 Å². The largest absolute Gasteiger partial charge is 0.494 e. The highest BCUT2D eigenvalue weighted by atomic mass is 16.5. The van der Waals surface area contributed by atoms with E-state index in [9.17, 15) is 14.4 Å². The van der Waals surface area contributed by atoms with Crippen LogP contribution < -0.4 is 20.1 Å². The number of aryl methyl sites for hydroxylation is 1. The van der Waals surface area contributed by atoms with Crippen molar-refractivity contribution < 1.29 is 23.9 Å². The van der Waals surface area contributed by atoms with Gasteiger partial charge >= 0.3 is 0 Å². The maximum atomic E-state index is 13.1. The number of anilines is 1. The van der Waals surface area contributed by atoms with Crippen LogP contribution in [-0.4, -0.2) is 61.2 Å². The molecule has 2 saturated heterocycles. The zero-order valence-corrected chi connectivity index (χ0v) is 30.3. The summed E-state index contributed by atoms with van der Waals surface area (Å²) in [6.45, 7) is 1.75. The van der Waals surface area contributed by atoms with Crippen LogP contribution in [-0.2, 0) is 20.8 Å². The maximum Gasteiger partial charge on any atom is 0.235 e. The molecule has 7 rings (SSSR count). The second-order valence-corrected chi connectivity index (χ2v) is 14.3. The molecular weight excluding hydrogens is 665 g/mol. The Kier molecular flexibility index (Phi) is 11.2. The van der Waals surface area contributed by atoms with Crippen LogP contribution >= 0.6 is 0 Å². The lowest BCUT2D eigenvalue weighted by molar-refractivity contribution is -0.135. The molecule has 1 aliphatic carbocycles. The van der Waals surface area contributed by atoms with Crippen molar-refractivity contribution in [2.75, 3.05) is 32.1 Å². The molecule has 0 radical (unpaired) electrons. The predicted molar refractivity (Wildman–Crippen MR) is 206 cm³/mol. The van der Waals surface area contributed by atoms with E-state index in [-0.39, 0.29) is 30.1 Å². The number of carbonyl (C=O) groups excluding carboxylic acids is 3. The molecule has 3 atom stereocenters. The van der Waals surface area contributed by atoms with Crippen LogP contribution in [0, 0.1) is 11.3 Å². The first-order chi connectivity index (χ1) is 25.9. The Morgan fingerprint density at radius 3 is 2.34 bits per heavy atom. The van der Waals surface area contributed by atoms with E-state index in [1.165, 1.54) is 22.3 Å². The summed E-state index contributed by atoms with van der Waals surface area (Å²) in [5.74, 6) is 0.965. The molecular formula is C44H48N4O5. The van der Waals surface area contributed by atoms with Gasteiger partial charge in [0.25, 0.3) is 0 Å². The number of fused-ring (bicyclic) bond motifs is 1. The van der Waals surface area contributed by atoms with E-state index in [1.54, 1.807) is 13.1 Å². The van der Waals surface area contributed by atoms with E-state index in [0.29, 0.717) is 67.8 Å². The molecule has 53 heavy (non-hydrogen) atoms. The monoisotopic (exact) mass is 712 g/mol. The molecule has 4 aromatic carbocycles. The molecule has 3 amide bonds. The smallest absolute Gasteiger partial charge is 0.235 e. The fraction of sp³-hybridized carbons (Fsp3) is 0.364. The number of imide groups is 1. The van der Waals surface area contributed by atoms with E-state index in [2.05, 4.69) is 89.5 Å². The van der Waals surface area contributed by atoms with Crippen LogP contribution in [0.4, 0.5) is 5.69 Å². The lowest BCUT2D eigenvalue weighted by atomic mass is 9.69. The van der Waals surface area contributed by atoms with Gasteiger partial charge in [0, 0.05) is 69.1 Å². The third-order valence-corrected chi connectivity index (χ3v) is 11.0. The molecule has 3 N–H and O–H groups in total. The van der Waals surface area contributed by atoms with Crippen molar-refractivity contribution in [3.05, 3.63) is 125 Å². The number of hydrogen-bond acceptors (Lipinski definition) is 7. The van der Waals surface area contributed by atoms with Gasteiger partial charge in [-0.2, -0.15) is 0 Å². The van der Waals surface area contributed by atoms with Crippen LogP contribution in [0.2, 0.25) is 0 Å². The SMILES string of the molecule is CNc1cc(OC2CCN(C(=O)CCCOc3ccc(C4c5ccccc5CCC4c4ccccc4)cc3)CC2)ccc1C(=N)C1CCC(=O)NC1=O. The number of benzene rings is 4. The van der Waals surface area contributed by atoms with E-state index in [1.807, 2.05) is 17.0 Å². The highest BCUT2D eigenvalue weighted by molar-refractivity contribution is 6.17. The number of amides is 3. The van der Waals surface area contributed by atoms with E-state index in [0.717, 1.165) is 31.4 Å². The fourth-order valence-electron chi connectivity index (χ4n) is 8.18. The summed E-state index contributed by atoms with van der Waals surface area (Å²) < 4.78 is 12.4. The van der Waals surface area contributed by atoms with E-state index < -0.39 is 11.8 Å². The van der Waals surface area contributed by atoms with Crippen molar-refractivity contribution in [3.8, 4) is 11.5 Å². The lowest BCUT2D eigenvalue weighted by Crippen LogP contribution is -2.44. The van der Waals surface area contributed by atoms with E-state index >= 15 is 0 Å². The average Bonchev–Trinajstić information content (AvgIpc) is 3.19. The van der Waals surface area contributed by atoms with Gasteiger partial charge in [-0.15, -0.1) is 0 Å². The van der Waals surface area contributed by atoms with Gasteiger partial charge in [-0.25, -0.2) is 0 Å². The molecule has 274 valence electrons. The molecule has 4 aromatic rings. The number of likely N-dealkylation sites (tertiary alicyclic amines) is 1. The zero-order chi connectivity index (χ0) is 36.7. The maximum absolute atomic E-state index is 13.1. The molecule has 3 aliphatic rings. The Morgan fingerprint density at radius 1 is 0.849 bits per heavy atom. The molecule has 0 saturated carbocycles. The number of nitrogens with zero attached hydrogens (tertiary/aromatic N) is 1. The molecule has 2 aliphatic heterocycles. The van der Waals surface area contributed by atoms with Crippen LogP contribution in [0.5, 0.6) is 11.5 Å². The van der Waals surface area contributed by atoms with Gasteiger partial charge in [0.05, 0.1) is 18.2 Å². The summed E-state index contributed by atoms with van der Waals surface area (Å²) in [4.78, 5) is 38.9. The van der Waals surface area contributed by atoms with Gasteiger partial charge in [-0.05, 0) is 78.1 Å². The molecule has 0 spiro atoms. The number of rotatable bonds is 12. The quantitative estimate of drug-likeness (QED) is 0.0810. The van der Waals surface area contributed by atoms with Gasteiger partial charge in [-0.1, -0.05) is 66.7 Å².